The number of hydrogen-bond acceptors (Lipinski definition) is 2. The molecule has 1 N–H and O–H groups in total. The molecule has 2 aliphatic rings. The molecule has 1 atom stereocenters. The fraction of sp³-hybridized carbons (Fsp3) is 0.923. The molecule has 1 amide bonds. The quantitative estimate of drug-likeness (QED) is 0.795. The largest absolute Gasteiger partial charge is 0.328 e. The summed E-state index contributed by atoms with van der Waals surface area (Å²) < 4.78 is 0. The summed E-state index contributed by atoms with van der Waals surface area (Å²) in [4.78, 5) is 14.4. The lowest BCUT2D eigenvalue weighted by atomic mass is 9.95. The van der Waals surface area contributed by atoms with E-state index in [4.69, 9.17) is 0 Å². The van der Waals surface area contributed by atoms with E-state index in [1.54, 1.807) is 0 Å². The second kappa shape index (κ2) is 4.36. The fourth-order valence-electron chi connectivity index (χ4n) is 2.77. The van der Waals surface area contributed by atoms with E-state index in [1.165, 1.54) is 12.8 Å². The van der Waals surface area contributed by atoms with Crippen molar-refractivity contribution in [1.29, 1.82) is 0 Å². The smallest absolute Gasteiger partial charge is 0.243 e. The van der Waals surface area contributed by atoms with Crippen molar-refractivity contribution in [2.24, 2.45) is 11.8 Å². The molecule has 2 fully saturated rings. The number of carbonyl (C=O) groups excluding carboxylic acids is 1. The van der Waals surface area contributed by atoms with Gasteiger partial charge in [0.05, 0.1) is 12.2 Å². The van der Waals surface area contributed by atoms with Crippen LogP contribution in [0.1, 0.15) is 46.5 Å². The van der Waals surface area contributed by atoms with Gasteiger partial charge in [-0.1, -0.05) is 33.6 Å². The maximum absolute atomic E-state index is 12.4. The van der Waals surface area contributed by atoms with Gasteiger partial charge in [0.2, 0.25) is 5.91 Å². The number of amides is 1. The topological polar surface area (TPSA) is 32.3 Å². The standard InChI is InChI=1S/C13H24N2O/c1-10(2)11(3)8-15-9-14-13(12(15)16)6-4-5-7-13/h10-11,14H,4-9H2,1-3H3. The molecule has 3 heteroatoms. The lowest BCUT2D eigenvalue weighted by Crippen LogP contribution is -2.44. The summed E-state index contributed by atoms with van der Waals surface area (Å²) in [5.74, 6) is 1.59. The second-order valence-electron chi connectivity index (χ2n) is 5.87. The third-order valence-electron chi connectivity index (χ3n) is 4.41. The Bertz CT molecular complexity index is 269. The van der Waals surface area contributed by atoms with Crippen molar-refractivity contribution in [1.82, 2.24) is 10.2 Å². The molecule has 1 spiro atoms. The van der Waals surface area contributed by atoms with E-state index >= 15 is 0 Å². The molecule has 2 rings (SSSR count). The predicted octanol–water partition coefficient (Wildman–Crippen LogP) is 1.98. The number of nitrogens with zero attached hydrogens (tertiary/aromatic N) is 1. The van der Waals surface area contributed by atoms with Gasteiger partial charge in [0.1, 0.15) is 0 Å². The van der Waals surface area contributed by atoms with E-state index in [9.17, 15) is 4.79 Å². The maximum Gasteiger partial charge on any atom is 0.243 e. The number of hydrogen-bond donors (Lipinski definition) is 1. The van der Waals surface area contributed by atoms with Gasteiger partial charge < -0.3 is 4.90 Å². The molecule has 0 aromatic rings. The van der Waals surface area contributed by atoms with Crippen molar-refractivity contribution >= 4 is 5.91 Å². The highest BCUT2D eigenvalue weighted by atomic mass is 16.2. The lowest BCUT2D eigenvalue weighted by Gasteiger charge is -2.25. The van der Waals surface area contributed by atoms with Crippen molar-refractivity contribution in [3.63, 3.8) is 0 Å². The van der Waals surface area contributed by atoms with E-state index in [-0.39, 0.29) is 5.54 Å². The SMILES string of the molecule is CC(C)C(C)CN1CNC2(CCCC2)C1=O. The summed E-state index contributed by atoms with van der Waals surface area (Å²) in [6.45, 7) is 8.35. The Labute approximate surface area is 98.6 Å². The summed E-state index contributed by atoms with van der Waals surface area (Å²) in [6, 6.07) is 0. The Morgan fingerprint density at radius 2 is 1.94 bits per heavy atom. The van der Waals surface area contributed by atoms with E-state index in [0.717, 1.165) is 26.1 Å². The molecule has 1 unspecified atom stereocenters. The molecule has 92 valence electrons. The normalized spacial score (nSPS) is 26.0. The van der Waals surface area contributed by atoms with Crippen LogP contribution in [-0.2, 0) is 4.79 Å². The molecule has 1 aliphatic carbocycles. The van der Waals surface area contributed by atoms with E-state index in [2.05, 4.69) is 26.1 Å². The van der Waals surface area contributed by atoms with Crippen LogP contribution in [0.25, 0.3) is 0 Å². The minimum absolute atomic E-state index is 0.170. The van der Waals surface area contributed by atoms with Crippen LogP contribution in [0, 0.1) is 11.8 Å². The van der Waals surface area contributed by atoms with Gasteiger partial charge in [0, 0.05) is 6.54 Å². The highest BCUT2D eigenvalue weighted by molar-refractivity contribution is 5.88. The van der Waals surface area contributed by atoms with Crippen LogP contribution in [-0.4, -0.2) is 29.6 Å². The van der Waals surface area contributed by atoms with Gasteiger partial charge in [-0.05, 0) is 24.7 Å². The molecule has 3 nitrogen and oxygen atoms in total. The highest BCUT2D eigenvalue weighted by Crippen LogP contribution is 2.34. The Hall–Kier alpha value is -0.570. The average molecular weight is 224 g/mol. The molecule has 1 saturated carbocycles. The van der Waals surface area contributed by atoms with Crippen molar-refractivity contribution in [3.05, 3.63) is 0 Å². The molecular formula is C13H24N2O. The second-order valence-corrected chi connectivity index (χ2v) is 5.87. The van der Waals surface area contributed by atoms with Crippen LogP contribution in [0.2, 0.25) is 0 Å². The average Bonchev–Trinajstić information content (AvgIpc) is 2.82. The minimum Gasteiger partial charge on any atom is -0.328 e. The Morgan fingerprint density at radius 1 is 1.31 bits per heavy atom. The first-order valence-electron chi connectivity index (χ1n) is 6.59. The minimum atomic E-state index is -0.170. The fourth-order valence-corrected chi connectivity index (χ4v) is 2.77. The lowest BCUT2D eigenvalue weighted by molar-refractivity contribution is -0.132. The van der Waals surface area contributed by atoms with E-state index in [0.29, 0.717) is 17.7 Å². The Balaban J connectivity index is 1.97. The van der Waals surface area contributed by atoms with Gasteiger partial charge in [0.15, 0.2) is 0 Å². The molecule has 1 aliphatic heterocycles. The number of carbonyl (C=O) groups is 1. The third-order valence-corrected chi connectivity index (χ3v) is 4.41. The van der Waals surface area contributed by atoms with Crippen LogP contribution in [0.3, 0.4) is 0 Å². The summed E-state index contributed by atoms with van der Waals surface area (Å²) in [7, 11) is 0. The van der Waals surface area contributed by atoms with E-state index in [1.807, 2.05) is 4.90 Å². The van der Waals surface area contributed by atoms with Crippen LogP contribution in [0.5, 0.6) is 0 Å². The molecular weight excluding hydrogens is 200 g/mol. The summed E-state index contributed by atoms with van der Waals surface area (Å²) in [6.07, 6.45) is 4.48. The first kappa shape index (κ1) is 11.9. The van der Waals surface area contributed by atoms with Gasteiger partial charge in [-0.25, -0.2) is 0 Å². The zero-order chi connectivity index (χ0) is 11.8. The van der Waals surface area contributed by atoms with Crippen molar-refractivity contribution in [2.45, 2.75) is 52.0 Å². The zero-order valence-electron chi connectivity index (χ0n) is 10.8. The van der Waals surface area contributed by atoms with Crippen molar-refractivity contribution in [3.8, 4) is 0 Å². The van der Waals surface area contributed by atoms with Crippen molar-refractivity contribution in [2.75, 3.05) is 13.2 Å². The first-order valence-corrected chi connectivity index (χ1v) is 6.59. The molecule has 16 heavy (non-hydrogen) atoms. The molecule has 0 bridgehead atoms. The van der Waals surface area contributed by atoms with Gasteiger partial charge in [0.25, 0.3) is 0 Å². The van der Waals surface area contributed by atoms with Gasteiger partial charge >= 0.3 is 0 Å². The van der Waals surface area contributed by atoms with Crippen LogP contribution in [0.4, 0.5) is 0 Å². The summed E-state index contributed by atoms with van der Waals surface area (Å²) in [5.41, 5.74) is -0.170. The highest BCUT2D eigenvalue weighted by Gasteiger charge is 2.47. The predicted molar refractivity (Wildman–Crippen MR) is 64.9 cm³/mol. The Kier molecular flexibility index (Phi) is 3.24. The van der Waals surface area contributed by atoms with Crippen molar-refractivity contribution < 1.29 is 4.79 Å². The van der Waals surface area contributed by atoms with Crippen LogP contribution < -0.4 is 5.32 Å². The molecule has 0 radical (unpaired) electrons. The first-order chi connectivity index (χ1) is 7.55. The maximum atomic E-state index is 12.4. The van der Waals surface area contributed by atoms with E-state index < -0.39 is 0 Å². The summed E-state index contributed by atoms with van der Waals surface area (Å²) in [5, 5.41) is 3.45. The molecule has 0 aromatic heterocycles. The molecule has 1 heterocycles. The Morgan fingerprint density at radius 3 is 2.50 bits per heavy atom. The van der Waals surface area contributed by atoms with Crippen LogP contribution >= 0.6 is 0 Å². The molecule has 1 saturated heterocycles. The summed E-state index contributed by atoms with van der Waals surface area (Å²) >= 11 is 0. The van der Waals surface area contributed by atoms with Gasteiger partial charge in [-0.2, -0.15) is 0 Å². The third kappa shape index (κ3) is 1.97. The monoisotopic (exact) mass is 224 g/mol. The number of nitrogens with one attached hydrogen (secondary N) is 1. The molecule has 0 aromatic carbocycles. The van der Waals surface area contributed by atoms with Crippen LogP contribution in [0.15, 0.2) is 0 Å². The van der Waals surface area contributed by atoms with Gasteiger partial charge in [-0.3, -0.25) is 10.1 Å². The number of rotatable bonds is 3. The zero-order valence-corrected chi connectivity index (χ0v) is 10.8. The van der Waals surface area contributed by atoms with Gasteiger partial charge in [-0.15, -0.1) is 0 Å².